The Kier molecular flexibility index (Phi) is 6.56. The van der Waals surface area contributed by atoms with Crippen molar-refractivity contribution in [3.05, 3.63) is 65.7 Å². The molecule has 0 amide bonds. The van der Waals surface area contributed by atoms with Gasteiger partial charge >= 0.3 is 5.97 Å². The fourth-order valence-corrected chi connectivity index (χ4v) is 2.96. The Balaban J connectivity index is 0.000000687. The fraction of sp³-hybridized carbons (Fsp3) is 0.136. The SMILES string of the molecule is CC(=O)O.CN(C)c1cccc(C(=O)O)c1-c1ccc2cc(C(=N)N)ccc2c1. The molecule has 0 heterocycles. The van der Waals surface area contributed by atoms with Crippen LogP contribution in [-0.4, -0.2) is 42.1 Å². The van der Waals surface area contributed by atoms with Gasteiger partial charge in [0.25, 0.3) is 5.97 Å². The van der Waals surface area contributed by atoms with Gasteiger partial charge < -0.3 is 20.8 Å². The predicted molar refractivity (Wildman–Crippen MR) is 115 cm³/mol. The number of fused-ring (bicyclic) bond motifs is 1. The number of hydrogen-bond donors (Lipinski definition) is 4. The fourth-order valence-electron chi connectivity index (χ4n) is 2.96. The Morgan fingerprint density at radius 1 is 0.966 bits per heavy atom. The highest BCUT2D eigenvalue weighted by atomic mass is 16.4. The van der Waals surface area contributed by atoms with Crippen LogP contribution in [0, 0.1) is 5.41 Å². The average Bonchev–Trinajstić information content (AvgIpc) is 2.65. The van der Waals surface area contributed by atoms with E-state index >= 15 is 0 Å². The van der Waals surface area contributed by atoms with Crippen LogP contribution in [0.1, 0.15) is 22.8 Å². The van der Waals surface area contributed by atoms with Crippen molar-refractivity contribution in [2.45, 2.75) is 6.92 Å². The maximum atomic E-state index is 11.7. The van der Waals surface area contributed by atoms with E-state index in [-0.39, 0.29) is 11.4 Å². The lowest BCUT2D eigenvalue weighted by Gasteiger charge is -2.20. The Hall–Kier alpha value is -3.87. The Bertz CT molecular complexity index is 1090. The minimum atomic E-state index is -0.953. The molecule has 0 unspecified atom stereocenters. The largest absolute Gasteiger partial charge is 0.481 e. The number of anilines is 1. The zero-order chi connectivity index (χ0) is 21.7. The second-order valence-electron chi connectivity index (χ2n) is 6.61. The van der Waals surface area contributed by atoms with Crippen molar-refractivity contribution < 1.29 is 19.8 Å². The molecular weight excluding hydrogens is 370 g/mol. The van der Waals surface area contributed by atoms with E-state index in [2.05, 4.69) is 0 Å². The van der Waals surface area contributed by atoms with Gasteiger partial charge in [0, 0.05) is 37.8 Å². The van der Waals surface area contributed by atoms with Crippen LogP contribution in [0.25, 0.3) is 21.9 Å². The second-order valence-corrected chi connectivity index (χ2v) is 6.61. The highest BCUT2D eigenvalue weighted by Gasteiger charge is 2.17. The molecule has 0 saturated carbocycles. The molecule has 0 aliphatic heterocycles. The summed E-state index contributed by atoms with van der Waals surface area (Å²) in [5.74, 6) is -1.76. The summed E-state index contributed by atoms with van der Waals surface area (Å²) >= 11 is 0. The zero-order valence-corrected chi connectivity index (χ0v) is 16.4. The Labute approximate surface area is 168 Å². The number of aromatic carboxylic acids is 1. The number of nitrogen functional groups attached to an aromatic ring is 1. The van der Waals surface area contributed by atoms with E-state index in [0.29, 0.717) is 11.1 Å². The first-order valence-corrected chi connectivity index (χ1v) is 8.73. The molecule has 3 rings (SSSR count). The first kappa shape index (κ1) is 21.4. The van der Waals surface area contributed by atoms with Gasteiger partial charge in [0.05, 0.1) is 5.56 Å². The van der Waals surface area contributed by atoms with Gasteiger partial charge in [-0.1, -0.05) is 30.3 Å². The van der Waals surface area contributed by atoms with E-state index in [1.807, 2.05) is 55.4 Å². The molecule has 150 valence electrons. The third kappa shape index (κ3) is 5.10. The van der Waals surface area contributed by atoms with Gasteiger partial charge in [-0.05, 0) is 40.6 Å². The van der Waals surface area contributed by atoms with Crippen LogP contribution in [-0.2, 0) is 4.79 Å². The summed E-state index contributed by atoms with van der Waals surface area (Å²) in [6, 6.07) is 16.6. The summed E-state index contributed by atoms with van der Waals surface area (Å²) < 4.78 is 0. The first-order valence-electron chi connectivity index (χ1n) is 8.73. The molecule has 0 spiro atoms. The average molecular weight is 393 g/mol. The molecule has 3 aromatic carbocycles. The normalized spacial score (nSPS) is 10.0. The number of benzene rings is 3. The maximum absolute atomic E-state index is 11.7. The monoisotopic (exact) mass is 393 g/mol. The molecule has 29 heavy (non-hydrogen) atoms. The number of carboxylic acid groups (broad SMARTS) is 2. The van der Waals surface area contributed by atoms with Crippen molar-refractivity contribution in [3.8, 4) is 11.1 Å². The van der Waals surface area contributed by atoms with Crippen molar-refractivity contribution in [1.29, 1.82) is 5.41 Å². The lowest BCUT2D eigenvalue weighted by atomic mass is 9.94. The summed E-state index contributed by atoms with van der Waals surface area (Å²) in [6.07, 6.45) is 0. The van der Waals surface area contributed by atoms with E-state index in [4.69, 9.17) is 21.0 Å². The van der Waals surface area contributed by atoms with E-state index in [1.54, 1.807) is 18.2 Å². The van der Waals surface area contributed by atoms with Crippen molar-refractivity contribution in [1.82, 2.24) is 0 Å². The molecule has 0 aliphatic carbocycles. The predicted octanol–water partition coefficient (Wildman–Crippen LogP) is 3.65. The van der Waals surface area contributed by atoms with Gasteiger partial charge in [-0.2, -0.15) is 0 Å². The number of nitrogens with two attached hydrogens (primary N) is 1. The van der Waals surface area contributed by atoms with Gasteiger partial charge in [-0.3, -0.25) is 10.2 Å². The van der Waals surface area contributed by atoms with Gasteiger partial charge in [0.2, 0.25) is 0 Å². The molecule has 0 radical (unpaired) electrons. The standard InChI is InChI=1S/C20H19N3O2.C2H4O2/c1-23(2)17-5-3-4-16(20(24)25)18(17)14-8-6-13-11-15(19(21)22)9-7-12(13)10-14;1-2(3)4/h3-11H,1-2H3,(H3,21,22)(H,24,25);1H3,(H,3,4). The molecule has 0 atom stereocenters. The molecule has 0 aromatic heterocycles. The van der Waals surface area contributed by atoms with Gasteiger partial charge in [0.15, 0.2) is 0 Å². The molecule has 7 nitrogen and oxygen atoms in total. The number of carboxylic acids is 2. The van der Waals surface area contributed by atoms with Gasteiger partial charge in [-0.25, -0.2) is 4.79 Å². The molecule has 0 fully saturated rings. The number of aliphatic carboxylic acids is 1. The van der Waals surface area contributed by atoms with Crippen LogP contribution in [0.15, 0.2) is 54.6 Å². The smallest absolute Gasteiger partial charge is 0.336 e. The number of hydrogen-bond acceptors (Lipinski definition) is 4. The van der Waals surface area contributed by atoms with Crippen LogP contribution >= 0.6 is 0 Å². The summed E-state index contributed by atoms with van der Waals surface area (Å²) in [5, 5.41) is 26.5. The zero-order valence-electron chi connectivity index (χ0n) is 16.4. The number of amidine groups is 1. The lowest BCUT2D eigenvalue weighted by Crippen LogP contribution is -2.12. The van der Waals surface area contributed by atoms with E-state index in [0.717, 1.165) is 28.9 Å². The first-order chi connectivity index (χ1) is 13.6. The maximum Gasteiger partial charge on any atom is 0.336 e. The number of carbonyl (C=O) groups is 2. The van der Waals surface area contributed by atoms with Crippen LogP contribution < -0.4 is 10.6 Å². The van der Waals surface area contributed by atoms with Crippen LogP contribution in [0.3, 0.4) is 0 Å². The molecule has 0 bridgehead atoms. The highest BCUT2D eigenvalue weighted by molar-refractivity contribution is 6.03. The summed E-state index contributed by atoms with van der Waals surface area (Å²) in [4.78, 5) is 22.6. The van der Waals surface area contributed by atoms with Crippen LogP contribution in [0.2, 0.25) is 0 Å². The Morgan fingerprint density at radius 2 is 1.55 bits per heavy atom. The van der Waals surface area contributed by atoms with Crippen molar-refractivity contribution in [3.63, 3.8) is 0 Å². The van der Waals surface area contributed by atoms with Crippen molar-refractivity contribution in [2.24, 2.45) is 5.73 Å². The third-order valence-corrected chi connectivity index (χ3v) is 4.19. The number of rotatable bonds is 4. The molecular formula is C22H23N3O4. The van der Waals surface area contributed by atoms with E-state index in [1.165, 1.54) is 0 Å². The third-order valence-electron chi connectivity index (χ3n) is 4.19. The minimum absolute atomic E-state index is 0.0251. The molecule has 0 aliphatic rings. The molecule has 0 saturated heterocycles. The summed E-state index contributed by atoms with van der Waals surface area (Å²) in [6.45, 7) is 1.08. The van der Waals surface area contributed by atoms with Crippen LogP contribution in [0.4, 0.5) is 5.69 Å². The summed E-state index contributed by atoms with van der Waals surface area (Å²) in [7, 11) is 3.79. The number of nitrogens with zero attached hydrogens (tertiary/aromatic N) is 1. The van der Waals surface area contributed by atoms with Crippen molar-refractivity contribution >= 4 is 34.2 Å². The van der Waals surface area contributed by atoms with Crippen molar-refractivity contribution in [2.75, 3.05) is 19.0 Å². The molecule has 5 N–H and O–H groups in total. The van der Waals surface area contributed by atoms with E-state index < -0.39 is 11.9 Å². The Morgan fingerprint density at radius 3 is 2.10 bits per heavy atom. The van der Waals surface area contributed by atoms with Crippen LogP contribution in [0.5, 0.6) is 0 Å². The summed E-state index contributed by atoms with van der Waals surface area (Å²) in [5.41, 5.74) is 8.86. The second kappa shape index (κ2) is 8.88. The van der Waals surface area contributed by atoms with Gasteiger partial charge in [-0.15, -0.1) is 0 Å². The minimum Gasteiger partial charge on any atom is -0.481 e. The van der Waals surface area contributed by atoms with Gasteiger partial charge in [0.1, 0.15) is 5.84 Å². The molecule has 7 heteroatoms. The van der Waals surface area contributed by atoms with E-state index in [9.17, 15) is 9.90 Å². The topological polar surface area (TPSA) is 128 Å². The lowest BCUT2D eigenvalue weighted by molar-refractivity contribution is -0.134. The number of nitrogens with one attached hydrogen (secondary N) is 1. The molecule has 3 aromatic rings. The quantitative estimate of drug-likeness (QED) is 0.396. The highest BCUT2D eigenvalue weighted by Crippen LogP contribution is 2.35.